The summed E-state index contributed by atoms with van der Waals surface area (Å²) in [5.74, 6) is 1.11. The van der Waals surface area contributed by atoms with Gasteiger partial charge in [0.05, 0.1) is 16.6 Å². The molecule has 1 heterocycles. The number of hydrogen-bond donors (Lipinski definition) is 3. The van der Waals surface area contributed by atoms with Crippen LogP contribution in [0.5, 0.6) is 5.75 Å². The average molecular weight is 231 g/mol. The van der Waals surface area contributed by atoms with Gasteiger partial charge in [0.2, 0.25) is 0 Å². The van der Waals surface area contributed by atoms with Crippen molar-refractivity contribution in [3.63, 3.8) is 0 Å². The van der Waals surface area contributed by atoms with Crippen molar-refractivity contribution in [1.82, 2.24) is 9.97 Å². The van der Waals surface area contributed by atoms with Gasteiger partial charge in [-0.25, -0.2) is 4.98 Å². The number of aromatic hydroxyl groups is 1. The zero-order chi connectivity index (χ0) is 11.9. The quantitative estimate of drug-likeness (QED) is 0.705. The zero-order valence-corrected chi connectivity index (χ0v) is 9.74. The van der Waals surface area contributed by atoms with Crippen LogP contribution in [-0.4, -0.2) is 15.1 Å². The number of phenols is 1. The van der Waals surface area contributed by atoms with Crippen LogP contribution in [0.2, 0.25) is 0 Å². The predicted molar refractivity (Wildman–Crippen MR) is 66.7 cm³/mol. The first-order valence-corrected chi connectivity index (χ1v) is 6.15. The Hall–Kier alpha value is -1.55. The highest BCUT2D eigenvalue weighted by atomic mass is 16.3. The van der Waals surface area contributed by atoms with Crippen LogP contribution in [0.4, 0.5) is 0 Å². The van der Waals surface area contributed by atoms with Crippen molar-refractivity contribution in [2.75, 3.05) is 0 Å². The molecule has 1 aromatic carbocycles. The maximum absolute atomic E-state index is 9.44. The molecule has 1 aliphatic rings. The van der Waals surface area contributed by atoms with Gasteiger partial charge in [-0.1, -0.05) is 19.3 Å². The molecule has 0 spiro atoms. The van der Waals surface area contributed by atoms with Crippen molar-refractivity contribution in [1.29, 1.82) is 0 Å². The van der Waals surface area contributed by atoms with Gasteiger partial charge in [-0.15, -0.1) is 0 Å². The molecular formula is C13H17N3O. The molecular weight excluding hydrogens is 214 g/mol. The molecule has 1 aromatic heterocycles. The summed E-state index contributed by atoms with van der Waals surface area (Å²) in [6.45, 7) is 0. The Balaban J connectivity index is 2.05. The number of nitrogens with one attached hydrogen (secondary N) is 1. The van der Waals surface area contributed by atoms with Crippen LogP contribution in [-0.2, 0) is 5.54 Å². The number of nitrogens with zero attached hydrogens (tertiary/aromatic N) is 1. The van der Waals surface area contributed by atoms with E-state index in [2.05, 4.69) is 9.97 Å². The fourth-order valence-corrected chi connectivity index (χ4v) is 2.65. The SMILES string of the molecule is NC1(c2nc3ccc(O)cc3[nH]2)CCCCC1. The Morgan fingerprint density at radius 1 is 1.24 bits per heavy atom. The van der Waals surface area contributed by atoms with Crippen molar-refractivity contribution >= 4 is 11.0 Å². The van der Waals surface area contributed by atoms with E-state index in [9.17, 15) is 5.11 Å². The molecule has 0 atom stereocenters. The molecule has 1 aliphatic carbocycles. The Kier molecular flexibility index (Phi) is 2.33. The third kappa shape index (κ3) is 1.78. The smallest absolute Gasteiger partial charge is 0.127 e. The van der Waals surface area contributed by atoms with E-state index in [1.165, 1.54) is 19.3 Å². The number of H-pyrrole nitrogens is 1. The number of aromatic nitrogens is 2. The topological polar surface area (TPSA) is 74.9 Å². The van der Waals surface area contributed by atoms with Crippen LogP contribution in [0.1, 0.15) is 37.9 Å². The molecule has 2 aromatic rings. The number of fused-ring (bicyclic) bond motifs is 1. The number of nitrogens with two attached hydrogens (primary N) is 1. The lowest BCUT2D eigenvalue weighted by molar-refractivity contribution is 0.289. The highest BCUT2D eigenvalue weighted by molar-refractivity contribution is 5.76. The van der Waals surface area contributed by atoms with Crippen LogP contribution >= 0.6 is 0 Å². The maximum Gasteiger partial charge on any atom is 0.127 e. The highest BCUT2D eigenvalue weighted by Crippen LogP contribution is 2.34. The van der Waals surface area contributed by atoms with Gasteiger partial charge in [0, 0.05) is 6.07 Å². The van der Waals surface area contributed by atoms with Gasteiger partial charge in [-0.05, 0) is 25.0 Å². The van der Waals surface area contributed by atoms with E-state index < -0.39 is 0 Å². The van der Waals surface area contributed by atoms with Crippen LogP contribution in [0.15, 0.2) is 18.2 Å². The summed E-state index contributed by atoms with van der Waals surface area (Å²) < 4.78 is 0. The fraction of sp³-hybridized carbons (Fsp3) is 0.462. The molecule has 1 saturated carbocycles. The summed E-state index contributed by atoms with van der Waals surface area (Å²) >= 11 is 0. The van der Waals surface area contributed by atoms with E-state index in [0.717, 1.165) is 29.7 Å². The van der Waals surface area contributed by atoms with Gasteiger partial charge in [0.25, 0.3) is 0 Å². The second-order valence-electron chi connectivity index (χ2n) is 5.00. The summed E-state index contributed by atoms with van der Waals surface area (Å²) in [5, 5.41) is 9.44. The zero-order valence-electron chi connectivity index (χ0n) is 9.74. The largest absolute Gasteiger partial charge is 0.508 e. The molecule has 0 amide bonds. The lowest BCUT2D eigenvalue weighted by atomic mass is 9.82. The second kappa shape index (κ2) is 3.74. The number of aromatic amines is 1. The predicted octanol–water partition coefficient (Wildman–Crippen LogP) is 2.39. The minimum atomic E-state index is -0.313. The number of phenolic OH excluding ortho intramolecular Hbond substituents is 1. The van der Waals surface area contributed by atoms with Crippen molar-refractivity contribution in [2.24, 2.45) is 5.73 Å². The molecule has 17 heavy (non-hydrogen) atoms. The van der Waals surface area contributed by atoms with E-state index in [-0.39, 0.29) is 11.3 Å². The molecule has 90 valence electrons. The maximum atomic E-state index is 9.44. The summed E-state index contributed by atoms with van der Waals surface area (Å²) in [6, 6.07) is 5.16. The Labute approximate surface area is 99.9 Å². The van der Waals surface area contributed by atoms with Gasteiger partial charge in [0.15, 0.2) is 0 Å². The Morgan fingerprint density at radius 3 is 2.76 bits per heavy atom. The van der Waals surface area contributed by atoms with Gasteiger partial charge >= 0.3 is 0 Å². The lowest BCUT2D eigenvalue weighted by Crippen LogP contribution is -2.39. The number of hydrogen-bond acceptors (Lipinski definition) is 3. The van der Waals surface area contributed by atoms with Gasteiger partial charge < -0.3 is 15.8 Å². The lowest BCUT2D eigenvalue weighted by Gasteiger charge is -2.31. The molecule has 4 heteroatoms. The minimum Gasteiger partial charge on any atom is -0.508 e. The van der Waals surface area contributed by atoms with Crippen molar-refractivity contribution in [2.45, 2.75) is 37.6 Å². The van der Waals surface area contributed by atoms with E-state index >= 15 is 0 Å². The highest BCUT2D eigenvalue weighted by Gasteiger charge is 2.32. The first-order valence-electron chi connectivity index (χ1n) is 6.15. The van der Waals surface area contributed by atoms with Crippen LogP contribution in [0, 0.1) is 0 Å². The van der Waals surface area contributed by atoms with Gasteiger partial charge in [0.1, 0.15) is 11.6 Å². The van der Waals surface area contributed by atoms with Crippen LogP contribution in [0.25, 0.3) is 11.0 Å². The summed E-state index contributed by atoms with van der Waals surface area (Å²) in [7, 11) is 0. The number of benzene rings is 1. The second-order valence-corrected chi connectivity index (χ2v) is 5.00. The van der Waals surface area contributed by atoms with E-state index in [1.807, 2.05) is 6.07 Å². The molecule has 0 saturated heterocycles. The fourth-order valence-electron chi connectivity index (χ4n) is 2.65. The van der Waals surface area contributed by atoms with E-state index in [0.29, 0.717) is 0 Å². The molecule has 1 fully saturated rings. The monoisotopic (exact) mass is 231 g/mol. The number of rotatable bonds is 1. The molecule has 0 unspecified atom stereocenters. The number of imidazole rings is 1. The average Bonchev–Trinajstić information content (AvgIpc) is 2.73. The summed E-state index contributed by atoms with van der Waals surface area (Å²) in [6.07, 6.45) is 5.56. The Bertz CT molecular complexity index is 541. The molecule has 4 N–H and O–H groups in total. The van der Waals surface area contributed by atoms with E-state index in [4.69, 9.17) is 5.73 Å². The summed E-state index contributed by atoms with van der Waals surface area (Å²) in [4.78, 5) is 7.81. The van der Waals surface area contributed by atoms with Crippen molar-refractivity contribution < 1.29 is 5.11 Å². The molecule has 4 nitrogen and oxygen atoms in total. The molecule has 0 aliphatic heterocycles. The third-order valence-electron chi connectivity index (χ3n) is 3.68. The Morgan fingerprint density at radius 2 is 2.00 bits per heavy atom. The minimum absolute atomic E-state index is 0.252. The van der Waals surface area contributed by atoms with E-state index in [1.54, 1.807) is 12.1 Å². The molecule has 0 bridgehead atoms. The van der Waals surface area contributed by atoms with Gasteiger partial charge in [-0.2, -0.15) is 0 Å². The van der Waals surface area contributed by atoms with Crippen molar-refractivity contribution in [3.8, 4) is 5.75 Å². The van der Waals surface area contributed by atoms with Gasteiger partial charge in [-0.3, -0.25) is 0 Å². The first kappa shape index (κ1) is 10.6. The van der Waals surface area contributed by atoms with Crippen molar-refractivity contribution in [3.05, 3.63) is 24.0 Å². The summed E-state index contributed by atoms with van der Waals surface area (Å²) in [5.41, 5.74) is 7.84. The third-order valence-corrected chi connectivity index (χ3v) is 3.68. The van der Waals surface area contributed by atoms with Crippen LogP contribution < -0.4 is 5.73 Å². The molecule has 3 rings (SSSR count). The standard InChI is InChI=1S/C13H17N3O/c14-13(6-2-1-3-7-13)12-15-10-5-4-9(17)8-11(10)16-12/h4-5,8,17H,1-3,6-7,14H2,(H,15,16). The normalized spacial score (nSPS) is 19.6. The van der Waals surface area contributed by atoms with Crippen LogP contribution in [0.3, 0.4) is 0 Å². The first-order chi connectivity index (χ1) is 8.17. The molecule has 0 radical (unpaired) electrons.